The number of nitrogens with zero attached hydrogens (tertiary/aromatic N) is 1. The van der Waals surface area contributed by atoms with E-state index < -0.39 is 0 Å². The number of benzene rings is 1. The molecule has 4 nitrogen and oxygen atoms in total. The zero-order valence-corrected chi connectivity index (χ0v) is 11.2. The van der Waals surface area contributed by atoms with Crippen LogP contribution in [-0.4, -0.2) is 22.5 Å². The molecule has 20 heavy (non-hydrogen) atoms. The van der Waals surface area contributed by atoms with Crippen LogP contribution in [0.15, 0.2) is 48.8 Å². The average Bonchev–Trinajstić information content (AvgIpc) is 2.48. The van der Waals surface area contributed by atoms with Gasteiger partial charge in [-0.1, -0.05) is 12.1 Å². The Bertz CT molecular complexity index is 538. The Balaban J connectivity index is 1.66. The number of rotatable bonds is 6. The minimum atomic E-state index is 0.0561. The number of aryl methyl sites for hydroxylation is 1. The highest BCUT2D eigenvalue weighted by atomic mass is 16.3. The maximum absolute atomic E-state index is 11.7. The Morgan fingerprint density at radius 1 is 1.00 bits per heavy atom. The zero-order chi connectivity index (χ0) is 14.2. The van der Waals surface area contributed by atoms with E-state index in [2.05, 4.69) is 10.3 Å². The Hall–Kier alpha value is -2.36. The van der Waals surface area contributed by atoms with E-state index >= 15 is 0 Å². The molecule has 1 aromatic carbocycles. The number of carbonyl (C=O) groups excluding carboxylic acids is 1. The van der Waals surface area contributed by atoms with Gasteiger partial charge in [-0.25, -0.2) is 0 Å². The molecule has 2 rings (SSSR count). The van der Waals surface area contributed by atoms with E-state index in [9.17, 15) is 9.90 Å². The smallest absolute Gasteiger partial charge is 0.220 e. The molecule has 0 saturated heterocycles. The summed E-state index contributed by atoms with van der Waals surface area (Å²) in [6, 6.07) is 10.9. The van der Waals surface area contributed by atoms with Gasteiger partial charge in [-0.05, 0) is 48.2 Å². The van der Waals surface area contributed by atoms with E-state index in [-0.39, 0.29) is 11.7 Å². The molecule has 1 heterocycles. The van der Waals surface area contributed by atoms with Gasteiger partial charge in [-0.3, -0.25) is 9.78 Å². The lowest BCUT2D eigenvalue weighted by Gasteiger charge is -2.05. The highest BCUT2D eigenvalue weighted by Crippen LogP contribution is 2.09. The van der Waals surface area contributed by atoms with E-state index in [4.69, 9.17) is 0 Å². The third-order valence-corrected chi connectivity index (χ3v) is 3.06. The van der Waals surface area contributed by atoms with Crippen LogP contribution in [0.1, 0.15) is 17.5 Å². The van der Waals surface area contributed by atoms with Gasteiger partial charge in [0.2, 0.25) is 5.91 Å². The molecule has 4 heteroatoms. The monoisotopic (exact) mass is 270 g/mol. The fourth-order valence-corrected chi connectivity index (χ4v) is 1.90. The number of phenolic OH excluding ortho intramolecular Hbond substituents is 1. The number of phenols is 1. The van der Waals surface area contributed by atoms with E-state index in [0.717, 1.165) is 24.0 Å². The first-order valence-corrected chi connectivity index (χ1v) is 6.67. The Morgan fingerprint density at radius 3 is 2.35 bits per heavy atom. The molecule has 0 aliphatic heterocycles. The predicted octanol–water partition coefficient (Wildman–Crippen LogP) is 2.08. The third-order valence-electron chi connectivity index (χ3n) is 3.06. The summed E-state index contributed by atoms with van der Waals surface area (Å²) in [6.45, 7) is 0.611. The van der Waals surface area contributed by atoms with Crippen LogP contribution >= 0.6 is 0 Å². The van der Waals surface area contributed by atoms with Gasteiger partial charge in [-0.2, -0.15) is 0 Å². The van der Waals surface area contributed by atoms with Crippen molar-refractivity contribution in [3.8, 4) is 5.75 Å². The van der Waals surface area contributed by atoms with Gasteiger partial charge >= 0.3 is 0 Å². The van der Waals surface area contributed by atoms with Crippen molar-refractivity contribution in [2.45, 2.75) is 19.3 Å². The summed E-state index contributed by atoms with van der Waals surface area (Å²) in [5, 5.41) is 12.1. The highest BCUT2D eigenvalue weighted by Gasteiger charge is 2.02. The summed E-state index contributed by atoms with van der Waals surface area (Å²) in [7, 11) is 0. The second-order valence-electron chi connectivity index (χ2n) is 4.62. The average molecular weight is 270 g/mol. The van der Waals surface area contributed by atoms with Crippen LogP contribution in [-0.2, 0) is 17.6 Å². The van der Waals surface area contributed by atoms with Crippen LogP contribution in [0.4, 0.5) is 0 Å². The number of aromatic nitrogens is 1. The molecule has 0 spiro atoms. The fraction of sp³-hybridized carbons (Fsp3) is 0.250. The van der Waals surface area contributed by atoms with E-state index in [1.54, 1.807) is 24.5 Å². The molecule has 0 atom stereocenters. The lowest BCUT2D eigenvalue weighted by atomic mass is 10.1. The van der Waals surface area contributed by atoms with Crippen LogP contribution in [0.5, 0.6) is 5.75 Å². The molecule has 0 radical (unpaired) electrons. The molecule has 0 aliphatic carbocycles. The van der Waals surface area contributed by atoms with E-state index in [0.29, 0.717) is 13.0 Å². The first-order chi connectivity index (χ1) is 9.74. The number of aromatic hydroxyl groups is 1. The van der Waals surface area contributed by atoms with Crippen LogP contribution < -0.4 is 5.32 Å². The number of amides is 1. The summed E-state index contributed by atoms with van der Waals surface area (Å²) in [5.74, 6) is 0.315. The molecular weight excluding hydrogens is 252 g/mol. The van der Waals surface area contributed by atoms with Crippen LogP contribution in [0.3, 0.4) is 0 Å². The van der Waals surface area contributed by atoms with Gasteiger partial charge in [0.1, 0.15) is 5.75 Å². The van der Waals surface area contributed by atoms with Crippen molar-refractivity contribution in [2.24, 2.45) is 0 Å². The standard InChI is InChI=1S/C16H18N2O2/c19-15-4-1-13(2-5-15)9-12-18-16(20)6-3-14-7-10-17-11-8-14/h1-2,4-5,7-8,10-11,19H,3,6,9,12H2,(H,18,20). The summed E-state index contributed by atoms with van der Waals surface area (Å²) in [4.78, 5) is 15.6. The van der Waals surface area contributed by atoms with E-state index in [1.165, 1.54) is 0 Å². The molecule has 1 aromatic heterocycles. The largest absolute Gasteiger partial charge is 0.508 e. The number of pyridine rings is 1. The molecule has 1 amide bonds. The molecule has 0 aliphatic rings. The number of hydrogen-bond donors (Lipinski definition) is 2. The van der Waals surface area contributed by atoms with Gasteiger partial charge < -0.3 is 10.4 Å². The Labute approximate surface area is 118 Å². The second-order valence-corrected chi connectivity index (χ2v) is 4.62. The molecule has 0 bridgehead atoms. The molecule has 104 valence electrons. The molecule has 0 unspecified atom stereocenters. The van der Waals surface area contributed by atoms with Crippen molar-refractivity contribution in [1.29, 1.82) is 0 Å². The normalized spacial score (nSPS) is 10.2. The van der Waals surface area contributed by atoms with Gasteiger partial charge in [0.15, 0.2) is 0 Å². The first kappa shape index (κ1) is 14.1. The van der Waals surface area contributed by atoms with Gasteiger partial charge in [0.25, 0.3) is 0 Å². The van der Waals surface area contributed by atoms with Crippen molar-refractivity contribution >= 4 is 5.91 Å². The number of carbonyl (C=O) groups is 1. The van der Waals surface area contributed by atoms with Crippen LogP contribution in [0, 0.1) is 0 Å². The number of hydrogen-bond acceptors (Lipinski definition) is 3. The molecule has 2 aromatic rings. The van der Waals surface area contributed by atoms with Gasteiger partial charge in [-0.15, -0.1) is 0 Å². The van der Waals surface area contributed by atoms with Crippen LogP contribution in [0.2, 0.25) is 0 Å². The molecular formula is C16H18N2O2. The summed E-state index contributed by atoms with van der Waals surface area (Å²) in [6.07, 6.45) is 5.45. The highest BCUT2D eigenvalue weighted by molar-refractivity contribution is 5.76. The maximum atomic E-state index is 11.7. The second kappa shape index (κ2) is 7.28. The topological polar surface area (TPSA) is 62.2 Å². The van der Waals surface area contributed by atoms with Crippen molar-refractivity contribution in [2.75, 3.05) is 6.54 Å². The third kappa shape index (κ3) is 4.72. The van der Waals surface area contributed by atoms with Crippen molar-refractivity contribution in [3.63, 3.8) is 0 Å². The van der Waals surface area contributed by atoms with Crippen molar-refractivity contribution < 1.29 is 9.90 Å². The maximum Gasteiger partial charge on any atom is 0.220 e. The minimum Gasteiger partial charge on any atom is -0.508 e. The molecule has 0 fully saturated rings. The fourth-order valence-electron chi connectivity index (χ4n) is 1.90. The Kier molecular flexibility index (Phi) is 5.12. The number of nitrogens with one attached hydrogen (secondary N) is 1. The first-order valence-electron chi connectivity index (χ1n) is 6.67. The lowest BCUT2D eigenvalue weighted by molar-refractivity contribution is -0.121. The minimum absolute atomic E-state index is 0.0561. The predicted molar refractivity (Wildman–Crippen MR) is 77.4 cm³/mol. The zero-order valence-electron chi connectivity index (χ0n) is 11.2. The summed E-state index contributed by atoms with van der Waals surface area (Å²) < 4.78 is 0. The molecule has 0 saturated carbocycles. The molecule has 2 N–H and O–H groups in total. The van der Waals surface area contributed by atoms with Crippen LogP contribution in [0.25, 0.3) is 0 Å². The summed E-state index contributed by atoms with van der Waals surface area (Å²) in [5.41, 5.74) is 2.21. The van der Waals surface area contributed by atoms with Gasteiger partial charge in [0, 0.05) is 25.4 Å². The van der Waals surface area contributed by atoms with Crippen molar-refractivity contribution in [1.82, 2.24) is 10.3 Å². The van der Waals surface area contributed by atoms with E-state index in [1.807, 2.05) is 24.3 Å². The lowest BCUT2D eigenvalue weighted by Crippen LogP contribution is -2.25. The SMILES string of the molecule is O=C(CCc1ccncc1)NCCc1ccc(O)cc1. The Morgan fingerprint density at radius 2 is 1.65 bits per heavy atom. The van der Waals surface area contributed by atoms with Crippen molar-refractivity contribution in [3.05, 3.63) is 59.9 Å². The summed E-state index contributed by atoms with van der Waals surface area (Å²) >= 11 is 0. The van der Waals surface area contributed by atoms with Gasteiger partial charge in [0.05, 0.1) is 0 Å². The quantitative estimate of drug-likeness (QED) is 0.844.